The molecule has 1 radical (unpaired) electrons. The van der Waals surface area contributed by atoms with Gasteiger partial charge in [0, 0.05) is 12.1 Å². The second-order valence-corrected chi connectivity index (χ2v) is 12.2. The van der Waals surface area contributed by atoms with Crippen molar-refractivity contribution in [2.75, 3.05) is 13.2 Å². The van der Waals surface area contributed by atoms with Crippen molar-refractivity contribution >= 4 is 35.7 Å². The molecule has 3 aliphatic rings. The predicted octanol–water partition coefficient (Wildman–Crippen LogP) is 5.11. The summed E-state index contributed by atoms with van der Waals surface area (Å²) in [6, 6.07) is 16.0. The molecule has 0 aromatic heterocycles. The van der Waals surface area contributed by atoms with Crippen LogP contribution in [-0.4, -0.2) is 69.8 Å². The molecule has 10 heteroatoms. The molecular weight excluding hydrogens is 570 g/mol. The maximum absolute atomic E-state index is 13.4. The van der Waals surface area contributed by atoms with Crippen LogP contribution in [0.15, 0.2) is 78.4 Å². The van der Waals surface area contributed by atoms with E-state index >= 15 is 0 Å². The molecule has 2 aliphatic heterocycles. The van der Waals surface area contributed by atoms with Crippen LogP contribution in [0.4, 0.5) is 4.79 Å². The highest BCUT2D eigenvalue weighted by Crippen LogP contribution is 2.48. The van der Waals surface area contributed by atoms with Crippen molar-refractivity contribution in [2.45, 2.75) is 52.6 Å². The number of carbonyl (C=O) groups is 4. The van der Waals surface area contributed by atoms with E-state index in [0.717, 1.165) is 12.0 Å². The van der Waals surface area contributed by atoms with E-state index in [1.807, 2.05) is 70.2 Å². The highest BCUT2D eigenvalue weighted by atomic mass is 16.5. The van der Waals surface area contributed by atoms with E-state index in [0.29, 0.717) is 23.4 Å². The Labute approximate surface area is 264 Å². The van der Waals surface area contributed by atoms with Gasteiger partial charge in [-0.3, -0.25) is 14.5 Å². The first-order chi connectivity index (χ1) is 21.6. The molecule has 235 valence electrons. The molecule has 1 saturated carbocycles. The number of amidine groups is 1. The Hall–Kier alpha value is -4.73. The number of likely N-dealkylation sites (tertiary alicyclic amines) is 1. The molecule has 4 atom stereocenters. The van der Waals surface area contributed by atoms with Gasteiger partial charge in [0.2, 0.25) is 11.8 Å². The van der Waals surface area contributed by atoms with Gasteiger partial charge in [-0.1, -0.05) is 60.7 Å². The second-order valence-electron chi connectivity index (χ2n) is 12.2. The van der Waals surface area contributed by atoms with Gasteiger partial charge in [0.05, 0.1) is 36.1 Å². The summed E-state index contributed by atoms with van der Waals surface area (Å²) in [6.45, 7) is 11.7. The van der Waals surface area contributed by atoms with Gasteiger partial charge in [0.15, 0.2) is 5.84 Å². The molecule has 2 aromatic carbocycles. The van der Waals surface area contributed by atoms with Gasteiger partial charge >= 0.3 is 12.0 Å². The summed E-state index contributed by atoms with van der Waals surface area (Å²) in [6.07, 6.45) is 6.91. The number of rotatable bonds is 11. The van der Waals surface area contributed by atoms with Crippen LogP contribution in [0.1, 0.15) is 62.0 Å². The molecule has 45 heavy (non-hydrogen) atoms. The Kier molecular flexibility index (Phi) is 9.51. The van der Waals surface area contributed by atoms with Crippen LogP contribution in [0, 0.1) is 23.7 Å². The summed E-state index contributed by atoms with van der Waals surface area (Å²) >= 11 is 0. The lowest BCUT2D eigenvalue weighted by Gasteiger charge is -2.35. The van der Waals surface area contributed by atoms with Crippen molar-refractivity contribution in [1.29, 1.82) is 0 Å². The number of carbonyl (C=O) groups excluding carboxylic acids is 4. The average Bonchev–Trinajstić information content (AvgIpc) is 3.53. The smallest absolute Gasteiger partial charge is 0.361 e. The van der Waals surface area contributed by atoms with Gasteiger partial charge in [-0.15, -0.1) is 17.1 Å². The fourth-order valence-corrected chi connectivity index (χ4v) is 6.17. The van der Waals surface area contributed by atoms with Crippen LogP contribution in [0.5, 0.6) is 0 Å². The van der Waals surface area contributed by atoms with Gasteiger partial charge in [0.1, 0.15) is 0 Å². The number of allylic oxidation sites excluding steroid dienone is 2. The Balaban J connectivity index is 1.16. The quantitative estimate of drug-likeness (QED) is 0.152. The van der Waals surface area contributed by atoms with Crippen LogP contribution in [0.3, 0.4) is 0 Å². The molecule has 0 N–H and O–H groups in total. The third kappa shape index (κ3) is 6.55. The van der Waals surface area contributed by atoms with E-state index in [4.69, 9.17) is 4.74 Å². The number of amides is 4. The lowest BCUT2D eigenvalue weighted by atomic mass is 9.89. The van der Waals surface area contributed by atoms with Crippen molar-refractivity contribution in [3.63, 3.8) is 0 Å². The molecule has 10 nitrogen and oxygen atoms in total. The number of fused-ring (bicyclic) bond motifs is 1. The first-order valence-corrected chi connectivity index (χ1v) is 15.5. The molecule has 2 heterocycles. The van der Waals surface area contributed by atoms with Crippen molar-refractivity contribution in [3.8, 4) is 0 Å². The zero-order valence-electron chi connectivity index (χ0n) is 26.2. The number of urea groups is 1. The molecule has 2 aromatic rings. The normalized spacial score (nSPS) is 23.2. The van der Waals surface area contributed by atoms with E-state index < -0.39 is 17.8 Å². The predicted molar refractivity (Wildman–Crippen MR) is 170 cm³/mol. The monoisotopic (exact) mass is 610 g/mol. The first kappa shape index (κ1) is 31.7. The summed E-state index contributed by atoms with van der Waals surface area (Å²) in [5.74, 6) is -1.38. The highest BCUT2D eigenvalue weighted by molar-refractivity contribution is 6.06. The number of benzene rings is 2. The molecule has 4 amide bonds. The van der Waals surface area contributed by atoms with Crippen LogP contribution in [0.2, 0.25) is 0 Å². The van der Waals surface area contributed by atoms with E-state index in [1.54, 1.807) is 30.3 Å². The number of ether oxygens (including phenoxy) is 1. The highest BCUT2D eigenvalue weighted by Gasteiger charge is 2.56. The first-order valence-electron chi connectivity index (χ1n) is 15.5. The standard InChI is InChI=1S/C35H40N5O5/c1-6-25-21-28(14-13-24-11-8-7-9-12-24)30-29(25)32(41)38(33(30)42)19-10-20-45-34(43)27-17-15-26(16-18-27)31-36-39(22(2)3)35(44)40(37-31)23(4)5/h6-9,11-18,22-23,25,28-30H,1,10,19-21H2,2-5H3/b14-13+. The molecule has 1 aliphatic carbocycles. The molecule has 5 rings (SSSR count). The van der Waals surface area contributed by atoms with E-state index in [9.17, 15) is 19.2 Å². The molecule has 4 unspecified atom stereocenters. The molecular formula is C35H40N5O5. The van der Waals surface area contributed by atoms with Crippen molar-refractivity contribution < 1.29 is 23.9 Å². The van der Waals surface area contributed by atoms with E-state index in [2.05, 4.69) is 17.1 Å². The van der Waals surface area contributed by atoms with Crippen LogP contribution >= 0.6 is 0 Å². The lowest BCUT2D eigenvalue weighted by molar-refractivity contribution is -0.140. The average molecular weight is 611 g/mol. The summed E-state index contributed by atoms with van der Waals surface area (Å²) < 4.78 is 5.47. The summed E-state index contributed by atoms with van der Waals surface area (Å²) in [4.78, 5) is 53.5. The minimum Gasteiger partial charge on any atom is -0.462 e. The Morgan fingerprint density at radius 1 is 0.933 bits per heavy atom. The van der Waals surface area contributed by atoms with E-state index in [-0.39, 0.29) is 54.9 Å². The van der Waals surface area contributed by atoms with Gasteiger partial charge < -0.3 is 4.74 Å². The molecule has 0 spiro atoms. The number of esters is 1. The van der Waals surface area contributed by atoms with Gasteiger partial charge in [-0.2, -0.15) is 0 Å². The summed E-state index contributed by atoms with van der Waals surface area (Å²) in [5, 5.41) is 7.21. The van der Waals surface area contributed by atoms with E-state index in [1.165, 1.54) is 14.9 Å². The Morgan fingerprint density at radius 3 is 2.20 bits per heavy atom. The third-order valence-corrected chi connectivity index (χ3v) is 8.51. The lowest BCUT2D eigenvalue weighted by Crippen LogP contribution is -2.56. The number of hydrogen-bond donors (Lipinski definition) is 0. The molecule has 0 bridgehead atoms. The fourth-order valence-electron chi connectivity index (χ4n) is 6.17. The summed E-state index contributed by atoms with van der Waals surface area (Å²) in [7, 11) is 0. The SMILES string of the molecule is C=CC1CC(/C=C/c2ccccc2)C2C(=O)N(CCCOC(=O)c3ccc(C4=NN(C(C)C)C(=O)N(C(C)C)[N]4)cc3)C(=O)C12. The number of hydrazone groups is 1. The Morgan fingerprint density at radius 2 is 1.58 bits per heavy atom. The Bertz CT molecular complexity index is 1500. The van der Waals surface area contributed by atoms with Crippen molar-refractivity contribution in [2.24, 2.45) is 28.8 Å². The van der Waals surface area contributed by atoms with Crippen LogP contribution < -0.4 is 5.43 Å². The maximum atomic E-state index is 13.4. The summed E-state index contributed by atoms with van der Waals surface area (Å²) in [5.41, 5.74) is 6.46. The van der Waals surface area contributed by atoms with Gasteiger partial charge in [-0.05, 0) is 70.1 Å². The number of hydrogen-bond acceptors (Lipinski definition) is 6. The van der Waals surface area contributed by atoms with Crippen molar-refractivity contribution in [1.82, 2.24) is 20.3 Å². The maximum Gasteiger partial charge on any atom is 0.361 e. The molecule has 2 fully saturated rings. The zero-order chi connectivity index (χ0) is 32.2. The zero-order valence-corrected chi connectivity index (χ0v) is 26.2. The minimum atomic E-state index is -0.513. The number of nitrogens with zero attached hydrogens (tertiary/aromatic N) is 5. The van der Waals surface area contributed by atoms with Crippen LogP contribution in [0.25, 0.3) is 6.08 Å². The van der Waals surface area contributed by atoms with Gasteiger partial charge in [0.25, 0.3) is 0 Å². The minimum absolute atomic E-state index is 0.0461. The van der Waals surface area contributed by atoms with Crippen LogP contribution in [-0.2, 0) is 14.3 Å². The fraction of sp³-hybridized carbons (Fsp3) is 0.400. The third-order valence-electron chi connectivity index (χ3n) is 8.51. The number of imide groups is 1. The second kappa shape index (κ2) is 13.5. The van der Waals surface area contributed by atoms with Crippen molar-refractivity contribution in [3.05, 3.63) is 90.0 Å². The van der Waals surface area contributed by atoms with Gasteiger partial charge in [-0.25, -0.2) is 19.6 Å². The topological polar surface area (TPSA) is 114 Å². The largest absolute Gasteiger partial charge is 0.462 e. The molecule has 1 saturated heterocycles.